The molecule has 1 atom stereocenters. The van der Waals surface area contributed by atoms with Crippen molar-refractivity contribution in [3.8, 4) is 6.07 Å². The van der Waals surface area contributed by atoms with Crippen LogP contribution in [0.5, 0.6) is 0 Å². The maximum Gasteiger partial charge on any atom is 0.167 e. The third-order valence-electron chi connectivity index (χ3n) is 3.73. The van der Waals surface area contributed by atoms with E-state index in [-0.39, 0.29) is 18.1 Å². The second-order valence-electron chi connectivity index (χ2n) is 6.24. The first-order valence-electron chi connectivity index (χ1n) is 7.54. The maximum absolute atomic E-state index is 9.49. The molecule has 0 aromatic carbocycles. The minimum Gasteiger partial charge on any atom is -0.396 e. The molecular weight excluding hydrogens is 264 g/mol. The number of hydrogen-bond acceptors (Lipinski definition) is 5. The lowest BCUT2D eigenvalue weighted by atomic mass is 9.85. The van der Waals surface area contributed by atoms with Crippen molar-refractivity contribution in [2.45, 2.75) is 59.9 Å². The van der Waals surface area contributed by atoms with Gasteiger partial charge in [-0.1, -0.05) is 34.6 Å². The number of aromatic nitrogens is 2. The first-order chi connectivity index (χ1) is 9.88. The van der Waals surface area contributed by atoms with Gasteiger partial charge in [-0.25, -0.2) is 0 Å². The highest BCUT2D eigenvalue weighted by Crippen LogP contribution is 2.27. The normalized spacial score (nSPS) is 12.8. The predicted molar refractivity (Wildman–Crippen MR) is 84.1 cm³/mol. The molecule has 0 fully saturated rings. The van der Waals surface area contributed by atoms with Crippen molar-refractivity contribution in [3.63, 3.8) is 0 Å². The molecule has 0 amide bonds. The minimum absolute atomic E-state index is 0.0288. The molecule has 0 aliphatic heterocycles. The van der Waals surface area contributed by atoms with Gasteiger partial charge in [-0.05, 0) is 30.2 Å². The molecule has 1 rings (SSSR count). The SMILES string of the molecule is CCc1nnc(NC(CCO)C(C)(C)C)c(C#N)c1CC. The van der Waals surface area contributed by atoms with Crippen LogP contribution in [0.15, 0.2) is 0 Å². The van der Waals surface area contributed by atoms with Gasteiger partial charge in [0.25, 0.3) is 0 Å². The number of rotatable bonds is 6. The Morgan fingerprint density at radius 1 is 1.24 bits per heavy atom. The first-order valence-corrected chi connectivity index (χ1v) is 7.54. The van der Waals surface area contributed by atoms with E-state index in [9.17, 15) is 10.4 Å². The molecule has 21 heavy (non-hydrogen) atoms. The predicted octanol–water partition coefficient (Wildman–Crippen LogP) is 2.68. The van der Waals surface area contributed by atoms with Crippen molar-refractivity contribution in [2.24, 2.45) is 5.41 Å². The van der Waals surface area contributed by atoms with E-state index < -0.39 is 0 Å². The second kappa shape index (κ2) is 7.37. The van der Waals surface area contributed by atoms with Crippen molar-refractivity contribution in [3.05, 3.63) is 16.8 Å². The highest BCUT2D eigenvalue weighted by Gasteiger charge is 2.26. The van der Waals surface area contributed by atoms with Crippen molar-refractivity contribution in [1.82, 2.24) is 10.2 Å². The zero-order chi connectivity index (χ0) is 16.0. The smallest absolute Gasteiger partial charge is 0.167 e. The number of aliphatic hydroxyl groups excluding tert-OH is 1. The van der Waals surface area contributed by atoms with E-state index >= 15 is 0 Å². The standard InChI is InChI=1S/C16H26N4O/c1-6-11-12(10-17)15(20-19-13(11)7-2)18-14(8-9-21)16(3,4)5/h14,21H,6-9H2,1-5H3,(H,18,20). The fourth-order valence-corrected chi connectivity index (χ4v) is 2.41. The maximum atomic E-state index is 9.49. The molecule has 1 aromatic heterocycles. The van der Waals surface area contributed by atoms with Gasteiger partial charge in [0.1, 0.15) is 11.6 Å². The highest BCUT2D eigenvalue weighted by molar-refractivity contribution is 5.57. The lowest BCUT2D eigenvalue weighted by molar-refractivity contribution is 0.235. The molecule has 0 saturated heterocycles. The Morgan fingerprint density at radius 3 is 2.33 bits per heavy atom. The first kappa shape index (κ1) is 17.4. The molecule has 5 heteroatoms. The summed E-state index contributed by atoms with van der Waals surface area (Å²) in [4.78, 5) is 0. The average Bonchev–Trinajstić information content (AvgIpc) is 2.44. The Hall–Kier alpha value is -1.67. The van der Waals surface area contributed by atoms with Crippen LogP contribution in [0.25, 0.3) is 0 Å². The van der Waals surface area contributed by atoms with Gasteiger partial charge >= 0.3 is 0 Å². The van der Waals surface area contributed by atoms with E-state index in [4.69, 9.17) is 0 Å². The number of aryl methyl sites for hydroxylation is 1. The molecule has 0 bridgehead atoms. The van der Waals surface area contributed by atoms with E-state index in [1.165, 1.54) is 0 Å². The molecule has 116 valence electrons. The average molecular weight is 290 g/mol. The molecule has 0 radical (unpaired) electrons. The zero-order valence-corrected chi connectivity index (χ0v) is 13.7. The summed E-state index contributed by atoms with van der Waals surface area (Å²) in [5.74, 6) is 0.528. The van der Waals surface area contributed by atoms with Gasteiger partial charge in [0, 0.05) is 12.6 Å². The number of anilines is 1. The molecular formula is C16H26N4O. The molecule has 5 nitrogen and oxygen atoms in total. The number of nitriles is 1. The van der Waals surface area contributed by atoms with Crippen LogP contribution >= 0.6 is 0 Å². The van der Waals surface area contributed by atoms with E-state index in [0.29, 0.717) is 17.8 Å². The third kappa shape index (κ3) is 4.15. The minimum atomic E-state index is -0.0487. The van der Waals surface area contributed by atoms with E-state index in [1.807, 2.05) is 13.8 Å². The van der Waals surface area contributed by atoms with Gasteiger partial charge in [0.05, 0.1) is 5.69 Å². The molecule has 0 aliphatic carbocycles. The quantitative estimate of drug-likeness (QED) is 0.841. The zero-order valence-electron chi connectivity index (χ0n) is 13.7. The number of aliphatic hydroxyl groups is 1. The van der Waals surface area contributed by atoms with Gasteiger partial charge in [-0.2, -0.15) is 10.4 Å². The summed E-state index contributed by atoms with van der Waals surface area (Å²) < 4.78 is 0. The second-order valence-corrected chi connectivity index (χ2v) is 6.24. The molecule has 0 spiro atoms. The summed E-state index contributed by atoms with van der Waals surface area (Å²) in [6, 6.07) is 2.29. The Labute approximate surface area is 127 Å². The summed E-state index contributed by atoms with van der Waals surface area (Å²) in [7, 11) is 0. The van der Waals surface area contributed by atoms with Crippen LogP contribution in [0.1, 0.15) is 57.9 Å². The van der Waals surface area contributed by atoms with Gasteiger partial charge in [-0.3, -0.25) is 0 Å². The van der Waals surface area contributed by atoms with Crippen molar-refractivity contribution in [1.29, 1.82) is 5.26 Å². The number of hydrogen-bond donors (Lipinski definition) is 2. The Kier molecular flexibility index (Phi) is 6.10. The van der Waals surface area contributed by atoms with E-state index in [2.05, 4.69) is 42.4 Å². The van der Waals surface area contributed by atoms with Crippen LogP contribution in [-0.4, -0.2) is 28.0 Å². The summed E-state index contributed by atoms with van der Waals surface area (Å²) >= 11 is 0. The Morgan fingerprint density at radius 2 is 1.90 bits per heavy atom. The molecule has 1 heterocycles. The molecule has 1 aromatic rings. The summed E-state index contributed by atoms with van der Waals surface area (Å²) in [5, 5.41) is 30.5. The summed E-state index contributed by atoms with van der Waals surface area (Å²) in [5.41, 5.74) is 2.38. The van der Waals surface area contributed by atoms with Crippen LogP contribution in [0.2, 0.25) is 0 Å². The van der Waals surface area contributed by atoms with Gasteiger partial charge < -0.3 is 10.4 Å². The highest BCUT2D eigenvalue weighted by atomic mass is 16.3. The monoisotopic (exact) mass is 290 g/mol. The largest absolute Gasteiger partial charge is 0.396 e. The van der Waals surface area contributed by atoms with Gasteiger partial charge in [0.2, 0.25) is 0 Å². The van der Waals surface area contributed by atoms with Crippen LogP contribution < -0.4 is 5.32 Å². The Balaban J connectivity index is 3.22. The van der Waals surface area contributed by atoms with Crippen LogP contribution in [0.4, 0.5) is 5.82 Å². The van der Waals surface area contributed by atoms with Crippen LogP contribution in [-0.2, 0) is 12.8 Å². The number of nitrogens with zero attached hydrogens (tertiary/aromatic N) is 3. The summed E-state index contributed by atoms with van der Waals surface area (Å²) in [6.07, 6.45) is 2.13. The van der Waals surface area contributed by atoms with Crippen molar-refractivity contribution < 1.29 is 5.11 Å². The molecule has 1 unspecified atom stereocenters. The fourth-order valence-electron chi connectivity index (χ4n) is 2.41. The van der Waals surface area contributed by atoms with E-state index in [1.54, 1.807) is 0 Å². The van der Waals surface area contributed by atoms with Crippen LogP contribution in [0, 0.1) is 16.7 Å². The van der Waals surface area contributed by atoms with Crippen LogP contribution in [0.3, 0.4) is 0 Å². The van der Waals surface area contributed by atoms with Crippen molar-refractivity contribution in [2.75, 3.05) is 11.9 Å². The molecule has 2 N–H and O–H groups in total. The van der Waals surface area contributed by atoms with Gasteiger partial charge in [0.15, 0.2) is 5.82 Å². The van der Waals surface area contributed by atoms with Crippen molar-refractivity contribution >= 4 is 5.82 Å². The topological polar surface area (TPSA) is 81.8 Å². The molecule has 0 aliphatic rings. The van der Waals surface area contributed by atoms with E-state index in [0.717, 1.165) is 24.1 Å². The fraction of sp³-hybridized carbons (Fsp3) is 0.688. The lowest BCUT2D eigenvalue weighted by Crippen LogP contribution is -2.35. The Bertz CT molecular complexity index is 514. The van der Waals surface area contributed by atoms with Gasteiger partial charge in [-0.15, -0.1) is 5.10 Å². The summed E-state index contributed by atoms with van der Waals surface area (Å²) in [6.45, 7) is 10.4. The molecule has 0 saturated carbocycles. The lowest BCUT2D eigenvalue weighted by Gasteiger charge is -2.31. The third-order valence-corrected chi connectivity index (χ3v) is 3.73. The number of nitrogens with one attached hydrogen (secondary N) is 1.